The van der Waals surface area contributed by atoms with Crippen molar-refractivity contribution in [2.24, 2.45) is 11.7 Å². The molecule has 2 saturated heterocycles. The SMILES string of the molecule is CC(N)C(C)C(=O)N1CCN(CC2CN(C(C)C)CCO2)CC1.Cl.Cl.Cl. The van der Waals surface area contributed by atoms with Gasteiger partial charge in [-0.15, -0.1) is 37.2 Å². The number of amides is 1. The number of nitrogens with two attached hydrogens (primary N) is 1. The molecule has 0 aromatic carbocycles. The lowest BCUT2D eigenvalue weighted by Crippen LogP contribution is -2.55. The van der Waals surface area contributed by atoms with E-state index >= 15 is 0 Å². The van der Waals surface area contributed by atoms with Crippen LogP contribution in [0.25, 0.3) is 0 Å². The standard InChI is InChI=1S/C17H34N4O2.3ClH/c1-13(2)21-9-10-23-16(12-21)11-19-5-7-20(8-6-19)17(22)14(3)15(4)18;;;/h13-16H,5-12,18H2,1-4H3;3*1H. The zero-order valence-corrected chi connectivity index (χ0v) is 18.9. The smallest absolute Gasteiger partial charge is 0.227 e. The molecule has 0 aromatic heterocycles. The van der Waals surface area contributed by atoms with Gasteiger partial charge in [-0.25, -0.2) is 0 Å². The highest BCUT2D eigenvalue weighted by atomic mass is 35.5. The lowest BCUT2D eigenvalue weighted by Gasteiger charge is -2.40. The van der Waals surface area contributed by atoms with Crippen molar-refractivity contribution in [1.82, 2.24) is 14.7 Å². The Morgan fingerprint density at radius 3 is 2.12 bits per heavy atom. The van der Waals surface area contributed by atoms with E-state index in [9.17, 15) is 4.79 Å². The van der Waals surface area contributed by atoms with Gasteiger partial charge in [-0.1, -0.05) is 6.92 Å². The molecule has 3 unspecified atom stereocenters. The molecule has 0 radical (unpaired) electrons. The van der Waals surface area contributed by atoms with E-state index in [1.54, 1.807) is 0 Å². The molecule has 1 amide bonds. The summed E-state index contributed by atoms with van der Waals surface area (Å²) in [5.74, 6) is 0.0994. The van der Waals surface area contributed by atoms with Crippen LogP contribution in [0, 0.1) is 5.92 Å². The summed E-state index contributed by atoms with van der Waals surface area (Å²) in [6.07, 6.45) is 0.288. The third-order valence-corrected chi connectivity index (χ3v) is 5.22. The molecule has 0 aromatic rings. The van der Waals surface area contributed by atoms with Crippen LogP contribution in [0.5, 0.6) is 0 Å². The minimum atomic E-state index is -0.0946. The summed E-state index contributed by atoms with van der Waals surface area (Å²) in [5, 5.41) is 0. The van der Waals surface area contributed by atoms with Crippen LogP contribution in [-0.4, -0.2) is 91.2 Å². The van der Waals surface area contributed by atoms with Gasteiger partial charge in [0.05, 0.1) is 18.6 Å². The number of rotatable bonds is 5. The van der Waals surface area contributed by atoms with E-state index in [2.05, 4.69) is 23.6 Å². The molecule has 158 valence electrons. The van der Waals surface area contributed by atoms with Gasteiger partial charge in [0.2, 0.25) is 5.91 Å². The molecule has 2 aliphatic rings. The second-order valence-corrected chi connectivity index (χ2v) is 7.36. The average molecular weight is 436 g/mol. The number of morpholine rings is 1. The summed E-state index contributed by atoms with van der Waals surface area (Å²) in [5.41, 5.74) is 5.85. The number of ether oxygens (including phenoxy) is 1. The molecule has 3 atom stereocenters. The van der Waals surface area contributed by atoms with Crippen LogP contribution in [0.1, 0.15) is 27.7 Å². The maximum absolute atomic E-state index is 12.4. The fraction of sp³-hybridized carbons (Fsp3) is 0.941. The fourth-order valence-corrected chi connectivity index (χ4v) is 3.27. The van der Waals surface area contributed by atoms with Crippen LogP contribution in [0.4, 0.5) is 0 Å². The zero-order chi connectivity index (χ0) is 17.0. The van der Waals surface area contributed by atoms with Crippen LogP contribution in [0.3, 0.4) is 0 Å². The molecule has 2 aliphatic heterocycles. The Labute approximate surface area is 177 Å². The summed E-state index contributed by atoms with van der Waals surface area (Å²) in [6, 6.07) is 0.494. The first-order chi connectivity index (χ1) is 10.9. The number of halogens is 3. The van der Waals surface area contributed by atoms with E-state index in [1.165, 1.54) is 0 Å². The summed E-state index contributed by atoms with van der Waals surface area (Å²) in [6.45, 7) is 15.6. The summed E-state index contributed by atoms with van der Waals surface area (Å²) in [7, 11) is 0. The number of piperazine rings is 1. The number of carbonyl (C=O) groups excluding carboxylic acids is 1. The third-order valence-electron chi connectivity index (χ3n) is 5.22. The van der Waals surface area contributed by atoms with E-state index in [0.717, 1.165) is 52.4 Å². The maximum Gasteiger partial charge on any atom is 0.227 e. The Morgan fingerprint density at radius 1 is 1.04 bits per heavy atom. The molecule has 26 heavy (non-hydrogen) atoms. The predicted molar refractivity (Wildman–Crippen MR) is 114 cm³/mol. The largest absolute Gasteiger partial charge is 0.374 e. The van der Waals surface area contributed by atoms with Gasteiger partial charge in [-0.3, -0.25) is 14.6 Å². The van der Waals surface area contributed by atoms with Crippen molar-refractivity contribution in [3.63, 3.8) is 0 Å². The number of hydrogen-bond acceptors (Lipinski definition) is 5. The van der Waals surface area contributed by atoms with Crippen LogP contribution in [-0.2, 0) is 9.53 Å². The highest BCUT2D eigenvalue weighted by Crippen LogP contribution is 2.13. The van der Waals surface area contributed by atoms with Gasteiger partial charge in [0, 0.05) is 57.9 Å². The van der Waals surface area contributed by atoms with Crippen molar-refractivity contribution in [1.29, 1.82) is 0 Å². The van der Waals surface area contributed by atoms with Gasteiger partial charge in [0.15, 0.2) is 0 Å². The van der Waals surface area contributed by atoms with Gasteiger partial charge in [0.25, 0.3) is 0 Å². The first-order valence-electron chi connectivity index (χ1n) is 9.01. The van der Waals surface area contributed by atoms with Gasteiger partial charge < -0.3 is 15.4 Å². The highest BCUT2D eigenvalue weighted by molar-refractivity contribution is 5.86. The average Bonchev–Trinajstić information content (AvgIpc) is 2.54. The van der Waals surface area contributed by atoms with Crippen LogP contribution < -0.4 is 5.73 Å². The maximum atomic E-state index is 12.4. The van der Waals surface area contributed by atoms with Crippen molar-refractivity contribution < 1.29 is 9.53 Å². The highest BCUT2D eigenvalue weighted by Gasteiger charge is 2.29. The van der Waals surface area contributed by atoms with E-state index in [4.69, 9.17) is 10.5 Å². The molecule has 2 N–H and O–H groups in total. The first-order valence-corrected chi connectivity index (χ1v) is 9.01. The quantitative estimate of drug-likeness (QED) is 0.709. The molecule has 2 fully saturated rings. The first kappa shape index (κ1) is 28.4. The third kappa shape index (κ3) is 8.05. The Hall–Kier alpha value is 0.180. The summed E-state index contributed by atoms with van der Waals surface area (Å²) in [4.78, 5) is 19.2. The Balaban J connectivity index is 0. The van der Waals surface area contributed by atoms with E-state index in [0.29, 0.717) is 6.04 Å². The lowest BCUT2D eigenvalue weighted by atomic mass is 10.0. The van der Waals surface area contributed by atoms with Gasteiger partial charge in [-0.05, 0) is 20.8 Å². The molecule has 0 aliphatic carbocycles. The zero-order valence-electron chi connectivity index (χ0n) is 16.4. The molecular weight excluding hydrogens is 399 g/mol. The van der Waals surface area contributed by atoms with Crippen molar-refractivity contribution in [2.75, 3.05) is 52.4 Å². The monoisotopic (exact) mass is 434 g/mol. The van der Waals surface area contributed by atoms with Crippen molar-refractivity contribution in [3.8, 4) is 0 Å². The second kappa shape index (κ2) is 13.4. The van der Waals surface area contributed by atoms with Crippen molar-refractivity contribution >= 4 is 43.1 Å². The van der Waals surface area contributed by atoms with Crippen molar-refractivity contribution in [3.05, 3.63) is 0 Å². The lowest BCUT2D eigenvalue weighted by molar-refractivity contribution is -0.137. The van der Waals surface area contributed by atoms with Gasteiger partial charge >= 0.3 is 0 Å². The van der Waals surface area contributed by atoms with Gasteiger partial charge in [-0.2, -0.15) is 0 Å². The van der Waals surface area contributed by atoms with E-state index in [-0.39, 0.29) is 61.2 Å². The van der Waals surface area contributed by atoms with E-state index < -0.39 is 0 Å². The predicted octanol–water partition coefficient (Wildman–Crippen LogP) is 1.49. The minimum Gasteiger partial charge on any atom is -0.374 e. The Morgan fingerprint density at radius 2 is 1.62 bits per heavy atom. The summed E-state index contributed by atoms with van der Waals surface area (Å²) < 4.78 is 5.92. The van der Waals surface area contributed by atoms with Crippen molar-refractivity contribution in [2.45, 2.75) is 45.9 Å². The molecule has 0 spiro atoms. The van der Waals surface area contributed by atoms with Crippen LogP contribution in [0.2, 0.25) is 0 Å². The molecule has 0 bridgehead atoms. The second-order valence-electron chi connectivity index (χ2n) is 7.36. The molecule has 9 heteroatoms. The van der Waals surface area contributed by atoms with Crippen LogP contribution >= 0.6 is 37.2 Å². The number of carbonyl (C=O) groups is 1. The molecule has 0 saturated carbocycles. The molecule has 6 nitrogen and oxygen atoms in total. The summed E-state index contributed by atoms with van der Waals surface area (Å²) >= 11 is 0. The number of hydrogen-bond donors (Lipinski definition) is 1. The molecule has 2 heterocycles. The Kier molecular flexibility index (Phi) is 14.6. The Bertz CT molecular complexity index is 394. The number of nitrogens with zero attached hydrogens (tertiary/aromatic N) is 3. The molecule has 2 rings (SSSR count). The van der Waals surface area contributed by atoms with Crippen LogP contribution in [0.15, 0.2) is 0 Å². The molecular formula is C17H37Cl3N4O2. The van der Waals surface area contributed by atoms with E-state index in [1.807, 2.05) is 18.7 Å². The minimum absolute atomic E-state index is 0. The van der Waals surface area contributed by atoms with Gasteiger partial charge in [0.1, 0.15) is 0 Å². The fourth-order valence-electron chi connectivity index (χ4n) is 3.27. The normalized spacial score (nSPS) is 24.1. The topological polar surface area (TPSA) is 62.0 Å².